The zero-order valence-corrected chi connectivity index (χ0v) is 23.7. The molecule has 3 heteroatoms. The van der Waals surface area contributed by atoms with Gasteiger partial charge in [0.25, 0.3) is 0 Å². The van der Waals surface area contributed by atoms with Crippen LogP contribution in [0.15, 0.2) is 17.7 Å². The zero-order chi connectivity index (χ0) is 25.7. The molecule has 1 aromatic carbocycles. The Hall–Kier alpha value is -1.77. The number of carbonyl (C=O) groups is 1. The Morgan fingerprint density at radius 2 is 1.44 bits per heavy atom. The van der Waals surface area contributed by atoms with E-state index in [1.165, 1.54) is 63.9 Å². The van der Waals surface area contributed by atoms with Gasteiger partial charge in [0, 0.05) is 12.5 Å². The van der Waals surface area contributed by atoms with E-state index in [0.29, 0.717) is 5.75 Å². The Bertz CT molecular complexity index is 775. The molecule has 34 heavy (non-hydrogen) atoms. The lowest BCUT2D eigenvalue weighted by molar-refractivity contribution is -0.132. The first-order chi connectivity index (χ1) is 16.0. The molecule has 0 fully saturated rings. The van der Waals surface area contributed by atoms with Gasteiger partial charge in [-0.3, -0.25) is 4.79 Å². The number of hydrogen-bond acceptors (Lipinski definition) is 3. The van der Waals surface area contributed by atoms with E-state index in [4.69, 9.17) is 9.47 Å². The highest BCUT2D eigenvalue weighted by molar-refractivity contribution is 5.71. The van der Waals surface area contributed by atoms with Crippen molar-refractivity contribution in [2.24, 2.45) is 17.8 Å². The van der Waals surface area contributed by atoms with E-state index in [-0.39, 0.29) is 5.97 Å². The molecule has 2 atom stereocenters. The average molecular weight is 473 g/mol. The maximum atomic E-state index is 11.6. The van der Waals surface area contributed by atoms with Crippen molar-refractivity contribution in [3.63, 3.8) is 0 Å². The fraction of sp³-hybridized carbons (Fsp3) is 0.710. The van der Waals surface area contributed by atoms with Crippen LogP contribution in [0, 0.1) is 31.6 Å². The van der Waals surface area contributed by atoms with Crippen LogP contribution in [0.5, 0.6) is 11.5 Å². The summed E-state index contributed by atoms with van der Waals surface area (Å²) < 4.78 is 11.1. The highest BCUT2D eigenvalue weighted by Crippen LogP contribution is 2.34. The molecule has 0 N–H and O–H groups in total. The number of rotatable bonds is 16. The van der Waals surface area contributed by atoms with E-state index in [1.54, 1.807) is 7.11 Å². The molecule has 0 radical (unpaired) electrons. The lowest BCUT2D eigenvalue weighted by Gasteiger charge is -2.17. The molecule has 0 aliphatic rings. The number of allylic oxidation sites excluding steroid dienone is 2. The van der Waals surface area contributed by atoms with Gasteiger partial charge in [-0.05, 0) is 75.0 Å². The van der Waals surface area contributed by atoms with Crippen LogP contribution in [0.25, 0.3) is 0 Å². The van der Waals surface area contributed by atoms with Crippen molar-refractivity contribution in [3.8, 4) is 11.5 Å². The molecule has 194 valence electrons. The molecule has 0 amide bonds. The largest absolute Gasteiger partial charge is 0.496 e. The van der Waals surface area contributed by atoms with Gasteiger partial charge in [-0.2, -0.15) is 0 Å². The first-order valence-electron chi connectivity index (χ1n) is 13.6. The molecule has 0 aliphatic heterocycles. The van der Waals surface area contributed by atoms with Crippen LogP contribution in [0.2, 0.25) is 0 Å². The highest BCUT2D eigenvalue weighted by Gasteiger charge is 2.15. The van der Waals surface area contributed by atoms with Crippen molar-refractivity contribution in [1.29, 1.82) is 0 Å². The van der Waals surface area contributed by atoms with Crippen molar-refractivity contribution in [3.05, 3.63) is 34.4 Å². The lowest BCUT2D eigenvalue weighted by atomic mass is 9.91. The summed E-state index contributed by atoms with van der Waals surface area (Å²) in [6, 6.07) is 2.01. The molecule has 0 aliphatic carbocycles. The van der Waals surface area contributed by atoms with Crippen molar-refractivity contribution in [2.75, 3.05) is 7.11 Å². The summed E-state index contributed by atoms with van der Waals surface area (Å²) in [5.41, 5.74) is 4.39. The summed E-state index contributed by atoms with van der Waals surface area (Å²) in [7, 11) is 1.69. The van der Waals surface area contributed by atoms with Gasteiger partial charge >= 0.3 is 5.97 Å². The lowest BCUT2D eigenvalue weighted by Crippen LogP contribution is -2.07. The molecular formula is C31H52O3. The third-order valence-corrected chi connectivity index (χ3v) is 7.15. The predicted molar refractivity (Wildman–Crippen MR) is 146 cm³/mol. The van der Waals surface area contributed by atoms with Crippen LogP contribution in [0.1, 0.15) is 116 Å². The first-order valence-corrected chi connectivity index (χ1v) is 13.6. The third kappa shape index (κ3) is 11.6. The normalized spacial score (nSPS) is 13.8. The standard InChI is InChI=1S/C31H52O3/c1-22(2)13-10-14-23(3)15-11-16-24(4)17-12-18-25(5)19-20-29-21-30(33-9)26(6)27(7)31(29)34-28(8)32/h19,21-24H,10-18,20H2,1-9H3. The molecule has 0 bridgehead atoms. The molecule has 0 saturated heterocycles. The second kappa shape index (κ2) is 16.0. The maximum absolute atomic E-state index is 11.6. The summed E-state index contributed by atoms with van der Waals surface area (Å²) in [4.78, 5) is 11.6. The molecule has 0 heterocycles. The molecule has 0 aromatic heterocycles. The quantitative estimate of drug-likeness (QED) is 0.137. The summed E-state index contributed by atoms with van der Waals surface area (Å²) in [5.74, 6) is 3.75. The van der Waals surface area contributed by atoms with Gasteiger partial charge in [-0.1, -0.05) is 84.3 Å². The van der Waals surface area contributed by atoms with Crippen LogP contribution in [-0.2, 0) is 11.2 Å². The van der Waals surface area contributed by atoms with Crippen molar-refractivity contribution in [1.82, 2.24) is 0 Å². The van der Waals surface area contributed by atoms with Crippen LogP contribution in [0.4, 0.5) is 0 Å². The van der Waals surface area contributed by atoms with Gasteiger partial charge in [0.15, 0.2) is 0 Å². The fourth-order valence-corrected chi connectivity index (χ4v) is 4.67. The first kappa shape index (κ1) is 30.3. The Morgan fingerprint density at radius 3 is 1.97 bits per heavy atom. The minimum Gasteiger partial charge on any atom is -0.496 e. The van der Waals surface area contributed by atoms with Crippen LogP contribution < -0.4 is 9.47 Å². The molecule has 2 unspecified atom stereocenters. The zero-order valence-electron chi connectivity index (χ0n) is 23.7. The number of hydrogen-bond donors (Lipinski definition) is 0. The summed E-state index contributed by atoms with van der Waals surface area (Å²) in [6.07, 6.45) is 14.9. The minimum atomic E-state index is -0.284. The molecule has 3 nitrogen and oxygen atoms in total. The van der Waals surface area contributed by atoms with E-state index >= 15 is 0 Å². The summed E-state index contributed by atoms with van der Waals surface area (Å²) in [5, 5.41) is 0. The summed E-state index contributed by atoms with van der Waals surface area (Å²) in [6.45, 7) is 17.1. The SMILES string of the molecule is COc1cc(CC=C(C)CCCC(C)CCCC(C)CCCC(C)C)c(OC(C)=O)c(C)c1C. The van der Waals surface area contributed by atoms with Crippen molar-refractivity contribution >= 4 is 5.97 Å². The smallest absolute Gasteiger partial charge is 0.308 e. The van der Waals surface area contributed by atoms with Crippen molar-refractivity contribution < 1.29 is 14.3 Å². The Labute approximate surface area is 210 Å². The Morgan fingerprint density at radius 1 is 0.882 bits per heavy atom. The van der Waals surface area contributed by atoms with E-state index in [0.717, 1.165) is 53.0 Å². The van der Waals surface area contributed by atoms with Gasteiger partial charge in [0.1, 0.15) is 11.5 Å². The van der Waals surface area contributed by atoms with Gasteiger partial charge in [0.05, 0.1) is 7.11 Å². The number of benzene rings is 1. The topological polar surface area (TPSA) is 35.5 Å². The van der Waals surface area contributed by atoms with Gasteiger partial charge < -0.3 is 9.47 Å². The van der Waals surface area contributed by atoms with Gasteiger partial charge in [0.2, 0.25) is 0 Å². The number of carbonyl (C=O) groups excluding carboxylic acids is 1. The average Bonchev–Trinajstić information content (AvgIpc) is 2.76. The monoisotopic (exact) mass is 472 g/mol. The minimum absolute atomic E-state index is 0.284. The van der Waals surface area contributed by atoms with Gasteiger partial charge in [-0.15, -0.1) is 0 Å². The van der Waals surface area contributed by atoms with E-state index in [9.17, 15) is 4.79 Å². The summed E-state index contributed by atoms with van der Waals surface area (Å²) >= 11 is 0. The second-order valence-electron chi connectivity index (χ2n) is 11.0. The third-order valence-electron chi connectivity index (χ3n) is 7.15. The van der Waals surface area contributed by atoms with Gasteiger partial charge in [-0.25, -0.2) is 0 Å². The van der Waals surface area contributed by atoms with E-state index in [1.807, 2.05) is 19.9 Å². The Kier molecular flexibility index (Phi) is 14.2. The number of esters is 1. The Balaban J connectivity index is 2.48. The van der Waals surface area contributed by atoms with Crippen molar-refractivity contribution in [2.45, 2.75) is 120 Å². The highest BCUT2D eigenvalue weighted by atomic mass is 16.5. The van der Waals surface area contributed by atoms with Crippen LogP contribution >= 0.6 is 0 Å². The van der Waals surface area contributed by atoms with Crippen LogP contribution in [0.3, 0.4) is 0 Å². The number of ether oxygens (including phenoxy) is 2. The molecule has 0 spiro atoms. The number of methoxy groups -OCH3 is 1. The maximum Gasteiger partial charge on any atom is 0.308 e. The van der Waals surface area contributed by atoms with Crippen LogP contribution in [-0.4, -0.2) is 13.1 Å². The van der Waals surface area contributed by atoms with E-state index in [2.05, 4.69) is 40.7 Å². The van der Waals surface area contributed by atoms with E-state index < -0.39 is 0 Å². The second-order valence-corrected chi connectivity index (χ2v) is 11.0. The molecule has 1 rings (SSSR count). The predicted octanol–water partition coefficient (Wildman–Crippen LogP) is 9.17. The molecule has 0 saturated carbocycles. The molecular weight excluding hydrogens is 420 g/mol. The fourth-order valence-electron chi connectivity index (χ4n) is 4.67. The molecule has 1 aromatic rings.